The Morgan fingerprint density at radius 2 is 1.40 bits per heavy atom. The maximum atomic E-state index is 13.8. The van der Waals surface area contributed by atoms with Crippen molar-refractivity contribution in [2.24, 2.45) is 23.2 Å². The van der Waals surface area contributed by atoms with E-state index >= 15 is 0 Å². The second-order valence-corrected chi connectivity index (χ2v) is 14.2. The van der Waals surface area contributed by atoms with Crippen LogP contribution in [-0.4, -0.2) is 153 Å². The Morgan fingerprint density at radius 3 is 1.96 bits per heavy atom. The predicted molar refractivity (Wildman–Crippen MR) is 190 cm³/mol. The molecule has 1 saturated carbocycles. The number of rotatable bonds is 25. The second-order valence-electron chi connectivity index (χ2n) is 14.2. The van der Waals surface area contributed by atoms with E-state index in [0.29, 0.717) is 111 Å². The van der Waals surface area contributed by atoms with E-state index in [0.717, 1.165) is 38.9 Å². The van der Waals surface area contributed by atoms with Crippen LogP contribution in [0.2, 0.25) is 0 Å². The number of hydrogen-bond acceptors (Lipinski definition) is 11. The van der Waals surface area contributed by atoms with Crippen molar-refractivity contribution < 1.29 is 81.4 Å². The molecule has 14 nitrogen and oxygen atoms in total. The van der Waals surface area contributed by atoms with Gasteiger partial charge in [-0.3, -0.25) is 14.5 Å². The van der Waals surface area contributed by atoms with Gasteiger partial charge in [-0.05, 0) is 23.7 Å². The van der Waals surface area contributed by atoms with Crippen molar-refractivity contribution in [3.8, 4) is 6.07 Å². The summed E-state index contributed by atoms with van der Waals surface area (Å²) in [4.78, 5) is 41.3. The van der Waals surface area contributed by atoms with Crippen LogP contribution in [0.15, 0.2) is 11.6 Å². The van der Waals surface area contributed by atoms with Crippen molar-refractivity contribution in [3.63, 3.8) is 0 Å². The third kappa shape index (κ3) is 19.3. The van der Waals surface area contributed by atoms with E-state index in [1.807, 2.05) is 6.08 Å². The molecule has 2 N–H and O–H groups in total. The topological polar surface area (TPSA) is 161 Å². The third-order valence-corrected chi connectivity index (χ3v) is 9.56. The molecule has 2 aliphatic heterocycles. The summed E-state index contributed by atoms with van der Waals surface area (Å²) >= 11 is 0. The van der Waals surface area contributed by atoms with Crippen LogP contribution in [0.4, 0.5) is 0 Å². The molecule has 52 heavy (non-hydrogen) atoms. The molecule has 1 radical (unpaired) electrons. The zero-order valence-electron chi connectivity index (χ0n) is 31.3. The third-order valence-electron chi connectivity index (χ3n) is 9.56. The van der Waals surface area contributed by atoms with Crippen LogP contribution in [0.5, 0.6) is 0 Å². The van der Waals surface area contributed by atoms with E-state index in [4.69, 9.17) is 28.4 Å². The van der Waals surface area contributed by atoms with Gasteiger partial charge in [0, 0.05) is 84.4 Å². The molecule has 1 aliphatic carbocycles. The van der Waals surface area contributed by atoms with Gasteiger partial charge in [-0.1, -0.05) is 52.0 Å². The molecule has 0 aromatic rings. The fraction of sp³-hybridized carbons (Fsp3) is 0.838. The van der Waals surface area contributed by atoms with E-state index in [-0.39, 0.29) is 73.2 Å². The van der Waals surface area contributed by atoms with Crippen LogP contribution in [0.1, 0.15) is 52.4 Å². The van der Waals surface area contributed by atoms with E-state index < -0.39 is 0 Å². The molecule has 299 valence electrons. The fourth-order valence-corrected chi connectivity index (χ4v) is 7.07. The van der Waals surface area contributed by atoms with E-state index in [9.17, 15) is 19.6 Å². The molecule has 3 aliphatic rings. The smallest absolute Gasteiger partial charge is 0.264 e. The van der Waals surface area contributed by atoms with Crippen molar-refractivity contribution in [3.05, 3.63) is 11.6 Å². The predicted octanol–water partition coefficient (Wildman–Crippen LogP) is 1.70. The maximum Gasteiger partial charge on any atom is 0.264 e. The van der Waals surface area contributed by atoms with Gasteiger partial charge >= 0.3 is 0 Å². The van der Waals surface area contributed by atoms with Gasteiger partial charge in [0.25, 0.3) is 5.91 Å². The minimum atomic E-state index is -0.365. The second kappa shape index (κ2) is 28.1. The molecule has 0 aromatic heterocycles. The molecule has 3 amide bonds. The van der Waals surface area contributed by atoms with E-state index in [2.05, 4.69) is 35.5 Å². The van der Waals surface area contributed by atoms with Gasteiger partial charge in [0.05, 0.1) is 85.2 Å². The van der Waals surface area contributed by atoms with Gasteiger partial charge in [0.15, 0.2) is 0 Å². The molecule has 0 bridgehead atoms. The summed E-state index contributed by atoms with van der Waals surface area (Å²) in [6.45, 7) is 14.0. The molecule has 2 unspecified atom stereocenters. The van der Waals surface area contributed by atoms with Crippen molar-refractivity contribution in [2.75, 3.05) is 125 Å². The van der Waals surface area contributed by atoms with Crippen LogP contribution in [0.25, 0.3) is 0 Å². The molecular formula is C37H62N5O9Tb-. The Labute approximate surface area is 341 Å². The number of nitriles is 1. The zero-order chi connectivity index (χ0) is 36.6. The van der Waals surface area contributed by atoms with Crippen LogP contribution in [0.3, 0.4) is 0 Å². The average Bonchev–Trinajstić information content (AvgIpc) is 3.14. The Balaban J connectivity index is 0.00000936. The first-order chi connectivity index (χ1) is 24.8. The summed E-state index contributed by atoms with van der Waals surface area (Å²) in [6.07, 6.45) is 10.0. The summed E-state index contributed by atoms with van der Waals surface area (Å²) in [5.74, 6) is 0.0747. The SMILES string of the molecule is CC(C)(/C=C(\C#N)C(=O)N1CC(C(=O)NCCOCCOCCOCCOCCOCCN[C-]=O)CC(C2CCCCC2)C1)CN1CCOCC1.[Tb]. The van der Waals surface area contributed by atoms with Crippen molar-refractivity contribution in [2.45, 2.75) is 52.4 Å². The Bertz CT molecular complexity index is 1080. The minimum Gasteiger partial charge on any atom is -0.528 e. The summed E-state index contributed by atoms with van der Waals surface area (Å²) < 4.78 is 32.8. The quantitative estimate of drug-likeness (QED) is 0.0452. The number of carbonyl (C=O) groups is 2. The van der Waals surface area contributed by atoms with Crippen LogP contribution >= 0.6 is 0 Å². The number of hydrogen-bond donors (Lipinski definition) is 2. The first-order valence-corrected chi connectivity index (χ1v) is 18.8. The van der Waals surface area contributed by atoms with Crippen molar-refractivity contribution in [1.29, 1.82) is 5.26 Å². The standard InChI is InChI=1S/C37H62N5O9.Tb/c1-37(2,29-41-10-14-48-15-11-41)25-34(26-38)36(45)42-27-32(31-6-4-3-5-7-31)24-33(28-42)35(44)40-9-13-47-17-19-50-21-23-51-22-20-49-18-16-46-12-8-39-30-43;/h25,31-33H,3-24,27-29H2,1-2H3,(H,39,43)(H,40,44);/q-1;/b34-25+;. The summed E-state index contributed by atoms with van der Waals surface area (Å²) in [5.41, 5.74) is -0.206. The number of piperidine rings is 1. The number of carbonyl (C=O) groups excluding carboxylic acids is 3. The number of nitrogens with one attached hydrogen (secondary N) is 2. The molecule has 2 saturated heterocycles. The van der Waals surface area contributed by atoms with Crippen LogP contribution < -0.4 is 10.6 Å². The zero-order valence-corrected chi connectivity index (χ0v) is 33.5. The number of nitrogens with zero attached hydrogens (tertiary/aromatic N) is 3. The number of morpholine rings is 1. The van der Waals surface area contributed by atoms with E-state index in [1.165, 1.54) is 19.3 Å². The molecular weight excluding hydrogens is 817 g/mol. The Kier molecular flexibility index (Phi) is 25.3. The summed E-state index contributed by atoms with van der Waals surface area (Å²) in [6, 6.07) is 2.20. The maximum absolute atomic E-state index is 13.8. The van der Waals surface area contributed by atoms with Gasteiger partial charge in [-0.2, -0.15) is 11.7 Å². The number of likely N-dealkylation sites (tertiary alicyclic amines) is 1. The Morgan fingerprint density at radius 1 is 0.846 bits per heavy atom. The largest absolute Gasteiger partial charge is 0.528 e. The van der Waals surface area contributed by atoms with Crippen LogP contribution in [-0.2, 0) is 42.8 Å². The fourth-order valence-electron chi connectivity index (χ4n) is 7.07. The van der Waals surface area contributed by atoms with Crippen LogP contribution in [0, 0.1) is 73.1 Å². The first-order valence-electron chi connectivity index (χ1n) is 18.8. The molecule has 3 rings (SSSR count). The number of amides is 3. The minimum absolute atomic E-state index is 0. The molecule has 2 heterocycles. The van der Waals surface area contributed by atoms with E-state index in [1.54, 1.807) is 11.3 Å². The average molecular weight is 880 g/mol. The first kappa shape index (κ1) is 46.8. The molecule has 2 atom stereocenters. The molecule has 0 spiro atoms. The normalized spacial score (nSPS) is 20.5. The van der Waals surface area contributed by atoms with Gasteiger partial charge < -0.3 is 48.7 Å². The molecule has 0 aromatic carbocycles. The molecule has 15 heteroatoms. The number of ether oxygens (including phenoxy) is 6. The molecule has 3 fully saturated rings. The van der Waals surface area contributed by atoms with Gasteiger partial charge in [0.2, 0.25) is 5.91 Å². The Hall–Kier alpha value is -1.35. The summed E-state index contributed by atoms with van der Waals surface area (Å²) in [7, 11) is 0. The van der Waals surface area contributed by atoms with Gasteiger partial charge in [-0.15, -0.1) is 0 Å². The van der Waals surface area contributed by atoms with Crippen molar-refractivity contribution in [1.82, 2.24) is 20.4 Å². The van der Waals surface area contributed by atoms with Gasteiger partial charge in [0.1, 0.15) is 11.6 Å². The van der Waals surface area contributed by atoms with Crippen molar-refractivity contribution >= 4 is 18.2 Å². The summed E-state index contributed by atoms with van der Waals surface area (Å²) in [5, 5.41) is 15.5. The monoisotopic (exact) mass is 879 g/mol. The van der Waals surface area contributed by atoms with Gasteiger partial charge in [-0.25, -0.2) is 0 Å².